The van der Waals surface area contributed by atoms with Crippen LogP contribution in [0.3, 0.4) is 0 Å². The Morgan fingerprint density at radius 2 is 1.53 bits per heavy atom. The lowest BCUT2D eigenvalue weighted by atomic mass is 11.0. The molecular formula is C2H6N2O9S2. The summed E-state index contributed by atoms with van der Waals surface area (Å²) in [6.45, 7) is 0. The quantitative estimate of drug-likeness (QED) is 0.313. The van der Waals surface area contributed by atoms with Crippen molar-refractivity contribution in [1.29, 1.82) is 0 Å². The highest BCUT2D eigenvalue weighted by molar-refractivity contribution is 7.94. The second-order valence-corrected chi connectivity index (χ2v) is 3.81. The van der Waals surface area contributed by atoms with E-state index in [0.29, 0.717) is 0 Å². The number of urea groups is 1. The predicted molar refractivity (Wildman–Crippen MR) is 43.0 cm³/mol. The van der Waals surface area contributed by atoms with Gasteiger partial charge in [-0.2, -0.15) is 16.8 Å². The number of primary amides is 1. The largest absolute Gasteiger partial charge is 0.413 e. The van der Waals surface area contributed by atoms with E-state index in [9.17, 15) is 26.4 Å². The predicted octanol–water partition coefficient (Wildman–Crippen LogP) is -2.58. The molecule has 0 aromatic carbocycles. The topological polar surface area (TPSA) is 190 Å². The van der Waals surface area contributed by atoms with Gasteiger partial charge in [0.05, 0.1) is 0 Å². The van der Waals surface area contributed by atoms with Crippen LogP contribution in [0, 0.1) is 0 Å². The molecule has 0 fully saturated rings. The van der Waals surface area contributed by atoms with Gasteiger partial charge in [-0.25, -0.2) is 4.79 Å². The first-order valence-electron chi connectivity index (χ1n) is 2.63. The van der Waals surface area contributed by atoms with Gasteiger partial charge in [0.2, 0.25) is 6.41 Å². The van der Waals surface area contributed by atoms with Crippen LogP contribution in [0.1, 0.15) is 0 Å². The third-order valence-corrected chi connectivity index (χ3v) is 1.75. The summed E-state index contributed by atoms with van der Waals surface area (Å²) in [4.78, 5) is 18.7. The molecular weight excluding hydrogens is 260 g/mol. The van der Waals surface area contributed by atoms with Crippen molar-refractivity contribution in [1.82, 2.24) is 5.32 Å². The number of imide groups is 1. The molecule has 0 aliphatic carbocycles. The Morgan fingerprint density at radius 3 is 1.53 bits per heavy atom. The fraction of sp³-hybridized carbons (Fsp3) is 0. The fourth-order valence-electron chi connectivity index (χ4n) is 0.167. The van der Waals surface area contributed by atoms with Crippen molar-refractivity contribution in [2.24, 2.45) is 5.73 Å². The molecule has 13 heteroatoms. The van der Waals surface area contributed by atoms with Crippen molar-refractivity contribution in [2.75, 3.05) is 0 Å². The summed E-state index contributed by atoms with van der Waals surface area (Å²) in [5.41, 5.74) is 4.42. The smallest absolute Gasteiger partial charge is 0.351 e. The Kier molecular flexibility index (Phi) is 6.73. The minimum absolute atomic E-state index is 0.225. The minimum atomic E-state index is -5.12. The fourth-order valence-corrected chi connectivity index (χ4v) is 1.04. The van der Waals surface area contributed by atoms with Gasteiger partial charge in [-0.15, -0.1) is 3.63 Å². The summed E-state index contributed by atoms with van der Waals surface area (Å²) in [6, 6.07) is -0.829. The van der Waals surface area contributed by atoms with Gasteiger partial charge in [0.15, 0.2) is 0 Å². The van der Waals surface area contributed by atoms with E-state index in [2.05, 4.69) is 9.36 Å². The highest BCUT2D eigenvalue weighted by Crippen LogP contribution is 1.91. The molecule has 0 aliphatic heterocycles. The number of nitrogens with one attached hydrogen (secondary N) is 1. The van der Waals surface area contributed by atoms with Gasteiger partial charge in [0.1, 0.15) is 0 Å². The van der Waals surface area contributed by atoms with Crippen molar-refractivity contribution in [3.05, 3.63) is 0 Å². The number of hydrogen-bond donors (Lipinski definition) is 4. The summed E-state index contributed by atoms with van der Waals surface area (Å²) in [6.07, 6.45) is 0.225. The number of rotatable bonds is 3. The monoisotopic (exact) mass is 266 g/mol. The highest BCUT2D eigenvalue weighted by atomic mass is 32.3. The molecule has 11 nitrogen and oxygen atoms in total. The lowest BCUT2D eigenvalue weighted by Gasteiger charge is -1.89. The molecule has 0 unspecified atom stereocenters. The number of carbonyl (C=O) groups is 2. The van der Waals surface area contributed by atoms with E-state index in [1.807, 2.05) is 0 Å². The standard InChI is InChI=1S/C2H4N2O2.H2O7S2/c3-2(6)4-1-5;1-8(2,3)7-9(4,5)6/h1H,(H3,3,4,5,6);(H,1,2,3)(H,4,5,6). The Labute approximate surface area is 84.1 Å². The van der Waals surface area contributed by atoms with Crippen molar-refractivity contribution in [2.45, 2.75) is 0 Å². The van der Waals surface area contributed by atoms with Crippen LogP contribution in [0.2, 0.25) is 0 Å². The van der Waals surface area contributed by atoms with E-state index in [0.717, 1.165) is 0 Å². The average Bonchev–Trinajstić information content (AvgIpc) is 1.77. The van der Waals surface area contributed by atoms with Crippen LogP contribution in [0.25, 0.3) is 0 Å². The summed E-state index contributed by atoms with van der Waals surface area (Å²) < 4.78 is 55.6. The normalized spacial score (nSPS) is 10.8. The molecule has 0 spiro atoms. The molecule has 3 amide bonds. The first kappa shape index (κ1) is 16.2. The van der Waals surface area contributed by atoms with Gasteiger partial charge in [-0.3, -0.25) is 19.2 Å². The van der Waals surface area contributed by atoms with Gasteiger partial charge in [-0.05, 0) is 0 Å². The molecule has 0 saturated carbocycles. The van der Waals surface area contributed by atoms with Gasteiger partial charge >= 0.3 is 26.8 Å². The lowest BCUT2D eigenvalue weighted by molar-refractivity contribution is -0.108. The van der Waals surface area contributed by atoms with E-state index in [4.69, 9.17) is 9.11 Å². The van der Waals surface area contributed by atoms with Crippen LogP contribution < -0.4 is 11.1 Å². The minimum Gasteiger partial charge on any atom is -0.351 e. The number of hydrogen-bond acceptors (Lipinski definition) is 7. The molecule has 0 radical (unpaired) electrons. The van der Waals surface area contributed by atoms with Gasteiger partial charge in [0.25, 0.3) is 0 Å². The third-order valence-electron chi connectivity index (χ3n) is 0.373. The van der Waals surface area contributed by atoms with Crippen LogP contribution in [-0.2, 0) is 29.2 Å². The molecule has 0 rings (SSSR count). The maximum absolute atomic E-state index is 9.48. The zero-order valence-electron chi connectivity index (χ0n) is 6.72. The summed E-state index contributed by atoms with van der Waals surface area (Å²) in [5, 5.41) is 1.67. The Bertz CT molecular complexity index is 375. The Hall–Kier alpha value is -1.28. The molecule has 0 bridgehead atoms. The van der Waals surface area contributed by atoms with Crippen LogP contribution in [0.5, 0.6) is 0 Å². The molecule has 0 heterocycles. The van der Waals surface area contributed by atoms with Gasteiger partial charge < -0.3 is 5.73 Å². The molecule has 15 heavy (non-hydrogen) atoms. The highest BCUT2D eigenvalue weighted by Gasteiger charge is 2.15. The molecule has 0 aromatic rings. The summed E-state index contributed by atoms with van der Waals surface area (Å²) >= 11 is 0. The molecule has 5 N–H and O–H groups in total. The molecule has 0 aliphatic rings. The molecule has 0 saturated heterocycles. The Morgan fingerprint density at radius 1 is 1.20 bits per heavy atom. The van der Waals surface area contributed by atoms with Crippen molar-refractivity contribution < 1.29 is 39.2 Å². The molecule has 0 atom stereocenters. The summed E-state index contributed by atoms with van der Waals surface area (Å²) in [5.74, 6) is 0. The maximum atomic E-state index is 9.48. The molecule has 0 aromatic heterocycles. The first-order valence-corrected chi connectivity index (χ1v) is 5.36. The zero-order chi connectivity index (χ0) is 12.7. The van der Waals surface area contributed by atoms with Crippen molar-refractivity contribution >= 4 is 33.2 Å². The van der Waals surface area contributed by atoms with Crippen LogP contribution in [-0.4, -0.2) is 38.4 Å². The second kappa shape index (κ2) is 6.25. The molecule has 90 valence electrons. The van der Waals surface area contributed by atoms with Crippen molar-refractivity contribution in [3.8, 4) is 0 Å². The van der Waals surface area contributed by atoms with Gasteiger partial charge in [0, 0.05) is 0 Å². The van der Waals surface area contributed by atoms with Crippen molar-refractivity contribution in [3.63, 3.8) is 0 Å². The van der Waals surface area contributed by atoms with E-state index < -0.39 is 26.8 Å². The first-order chi connectivity index (χ1) is 6.48. The van der Waals surface area contributed by atoms with Gasteiger partial charge in [-0.1, -0.05) is 0 Å². The maximum Gasteiger partial charge on any atom is 0.413 e. The number of nitrogens with two attached hydrogens (primary N) is 1. The second-order valence-electron chi connectivity index (χ2n) is 1.55. The number of amides is 3. The SMILES string of the molecule is NC(=O)NC=O.O=S(=O)(O)OS(=O)(=O)O. The number of carbonyl (C=O) groups excluding carboxylic acids is 2. The van der Waals surface area contributed by atoms with E-state index >= 15 is 0 Å². The van der Waals surface area contributed by atoms with Crippen LogP contribution >= 0.6 is 0 Å². The third kappa shape index (κ3) is 24.5. The van der Waals surface area contributed by atoms with E-state index in [1.165, 1.54) is 0 Å². The zero-order valence-corrected chi connectivity index (χ0v) is 8.36. The van der Waals surface area contributed by atoms with E-state index in [-0.39, 0.29) is 6.41 Å². The average molecular weight is 266 g/mol. The summed E-state index contributed by atoms with van der Waals surface area (Å²) in [7, 11) is -10.2. The van der Waals surface area contributed by atoms with Crippen LogP contribution in [0.15, 0.2) is 0 Å². The van der Waals surface area contributed by atoms with Crippen LogP contribution in [0.4, 0.5) is 4.79 Å². The Balaban J connectivity index is 0. The lowest BCUT2D eigenvalue weighted by Crippen LogP contribution is -2.27. The van der Waals surface area contributed by atoms with E-state index in [1.54, 1.807) is 5.32 Å².